The van der Waals surface area contributed by atoms with E-state index in [1.807, 2.05) is 6.92 Å². The van der Waals surface area contributed by atoms with Crippen LogP contribution in [0.15, 0.2) is 12.4 Å². The molecular weight excluding hydrogens is 176 g/mol. The van der Waals surface area contributed by atoms with E-state index in [1.165, 1.54) is 0 Å². The van der Waals surface area contributed by atoms with Crippen LogP contribution in [-0.2, 0) is 0 Å². The maximum Gasteiger partial charge on any atom is 0.232 e. The summed E-state index contributed by atoms with van der Waals surface area (Å²) >= 11 is 0. The molecule has 0 atom stereocenters. The van der Waals surface area contributed by atoms with Gasteiger partial charge in [0.25, 0.3) is 0 Å². The number of nitrogens with zero attached hydrogens (tertiary/aromatic N) is 2. The first-order chi connectivity index (χ1) is 6.53. The van der Waals surface area contributed by atoms with E-state index in [2.05, 4.69) is 30.7 Å². The molecule has 0 radical (unpaired) electrons. The van der Waals surface area contributed by atoms with Crippen molar-refractivity contribution in [2.24, 2.45) is 5.41 Å². The molecular formula is C11H18N2O. The summed E-state index contributed by atoms with van der Waals surface area (Å²) in [6, 6.07) is 0. The molecule has 0 fully saturated rings. The molecule has 0 bridgehead atoms. The maximum absolute atomic E-state index is 5.57. The van der Waals surface area contributed by atoms with Crippen molar-refractivity contribution in [3.05, 3.63) is 18.1 Å². The average molecular weight is 194 g/mol. The Morgan fingerprint density at radius 3 is 2.64 bits per heavy atom. The monoisotopic (exact) mass is 194 g/mol. The van der Waals surface area contributed by atoms with Crippen molar-refractivity contribution in [3.63, 3.8) is 0 Å². The number of rotatable bonds is 4. The Bertz CT molecular complexity index is 297. The summed E-state index contributed by atoms with van der Waals surface area (Å²) < 4.78 is 5.57. The van der Waals surface area contributed by atoms with E-state index in [0.29, 0.717) is 12.5 Å². The standard InChI is InChI=1S/C11H18N2O/c1-5-11(3,4)8-14-10-7-12-6-9(2)13-10/h6-7H,5,8H2,1-4H3. The Morgan fingerprint density at radius 1 is 1.36 bits per heavy atom. The first-order valence-electron chi connectivity index (χ1n) is 4.95. The Balaban J connectivity index is 2.54. The van der Waals surface area contributed by atoms with Crippen LogP contribution in [0.3, 0.4) is 0 Å². The van der Waals surface area contributed by atoms with Crippen molar-refractivity contribution >= 4 is 0 Å². The second kappa shape index (κ2) is 4.40. The van der Waals surface area contributed by atoms with Crippen molar-refractivity contribution in [2.75, 3.05) is 6.61 Å². The van der Waals surface area contributed by atoms with E-state index >= 15 is 0 Å². The van der Waals surface area contributed by atoms with Gasteiger partial charge in [-0.1, -0.05) is 20.8 Å². The summed E-state index contributed by atoms with van der Waals surface area (Å²) in [7, 11) is 0. The summed E-state index contributed by atoms with van der Waals surface area (Å²) in [5.41, 5.74) is 1.09. The molecule has 0 unspecified atom stereocenters. The lowest BCUT2D eigenvalue weighted by Crippen LogP contribution is -2.20. The Morgan fingerprint density at radius 2 is 2.07 bits per heavy atom. The second-order valence-electron chi connectivity index (χ2n) is 4.31. The summed E-state index contributed by atoms with van der Waals surface area (Å²) in [5, 5.41) is 0. The Kier molecular flexibility index (Phi) is 3.44. The number of aryl methyl sites for hydroxylation is 1. The van der Waals surface area contributed by atoms with Crippen molar-refractivity contribution < 1.29 is 4.74 Å². The van der Waals surface area contributed by atoms with Crippen LogP contribution >= 0.6 is 0 Å². The van der Waals surface area contributed by atoms with Gasteiger partial charge >= 0.3 is 0 Å². The molecule has 0 aliphatic carbocycles. The lowest BCUT2D eigenvalue weighted by molar-refractivity contribution is 0.169. The number of hydrogen-bond acceptors (Lipinski definition) is 3. The minimum atomic E-state index is 0.200. The zero-order chi connectivity index (χ0) is 10.6. The van der Waals surface area contributed by atoms with Gasteiger partial charge in [-0.25, -0.2) is 4.98 Å². The van der Waals surface area contributed by atoms with Crippen LogP contribution in [0.2, 0.25) is 0 Å². The minimum Gasteiger partial charge on any atom is -0.476 e. The molecule has 1 rings (SSSR count). The number of aromatic nitrogens is 2. The normalized spacial score (nSPS) is 11.4. The van der Waals surface area contributed by atoms with Crippen LogP contribution in [0.25, 0.3) is 0 Å². The van der Waals surface area contributed by atoms with Crippen LogP contribution in [0.1, 0.15) is 32.9 Å². The summed E-state index contributed by atoms with van der Waals surface area (Å²) in [6.45, 7) is 9.10. The highest BCUT2D eigenvalue weighted by Crippen LogP contribution is 2.20. The molecule has 0 amide bonds. The van der Waals surface area contributed by atoms with Gasteiger partial charge in [0.1, 0.15) is 0 Å². The fourth-order valence-electron chi connectivity index (χ4n) is 0.881. The molecule has 14 heavy (non-hydrogen) atoms. The third-order valence-corrected chi connectivity index (χ3v) is 2.30. The molecule has 0 aliphatic heterocycles. The fraction of sp³-hybridized carbons (Fsp3) is 0.636. The highest BCUT2D eigenvalue weighted by Gasteiger charge is 2.16. The van der Waals surface area contributed by atoms with Gasteiger partial charge in [0.2, 0.25) is 5.88 Å². The van der Waals surface area contributed by atoms with Gasteiger partial charge in [0.05, 0.1) is 18.5 Å². The molecule has 3 heteroatoms. The van der Waals surface area contributed by atoms with E-state index < -0.39 is 0 Å². The third kappa shape index (κ3) is 3.32. The largest absolute Gasteiger partial charge is 0.476 e. The molecule has 78 valence electrons. The quantitative estimate of drug-likeness (QED) is 0.739. The topological polar surface area (TPSA) is 35.0 Å². The molecule has 0 saturated heterocycles. The first-order valence-corrected chi connectivity index (χ1v) is 4.95. The van der Waals surface area contributed by atoms with E-state index in [9.17, 15) is 0 Å². The van der Waals surface area contributed by atoms with Crippen molar-refractivity contribution in [2.45, 2.75) is 34.1 Å². The first kappa shape index (κ1) is 11.0. The molecule has 1 aromatic rings. The number of hydrogen-bond donors (Lipinski definition) is 0. The summed E-state index contributed by atoms with van der Waals surface area (Å²) in [6.07, 6.45) is 4.46. The van der Waals surface area contributed by atoms with Gasteiger partial charge < -0.3 is 4.74 Å². The zero-order valence-electron chi connectivity index (χ0n) is 9.37. The van der Waals surface area contributed by atoms with Gasteiger partial charge in [0.15, 0.2) is 0 Å². The SMILES string of the molecule is CCC(C)(C)COc1cncc(C)n1. The minimum absolute atomic E-state index is 0.200. The van der Waals surface area contributed by atoms with Crippen LogP contribution in [0, 0.1) is 12.3 Å². The molecule has 0 N–H and O–H groups in total. The zero-order valence-corrected chi connectivity index (χ0v) is 9.37. The van der Waals surface area contributed by atoms with Gasteiger partial charge in [-0.3, -0.25) is 4.98 Å². The van der Waals surface area contributed by atoms with E-state index in [0.717, 1.165) is 12.1 Å². The highest BCUT2D eigenvalue weighted by molar-refractivity contribution is 5.06. The van der Waals surface area contributed by atoms with Crippen molar-refractivity contribution in [3.8, 4) is 5.88 Å². The number of ether oxygens (including phenoxy) is 1. The Labute approximate surface area is 85.5 Å². The average Bonchev–Trinajstić information content (AvgIpc) is 2.15. The lowest BCUT2D eigenvalue weighted by atomic mass is 9.92. The molecule has 3 nitrogen and oxygen atoms in total. The van der Waals surface area contributed by atoms with Gasteiger partial charge in [0, 0.05) is 6.20 Å². The fourth-order valence-corrected chi connectivity index (χ4v) is 0.881. The second-order valence-corrected chi connectivity index (χ2v) is 4.31. The smallest absolute Gasteiger partial charge is 0.232 e. The van der Waals surface area contributed by atoms with Gasteiger partial charge in [-0.15, -0.1) is 0 Å². The van der Waals surface area contributed by atoms with Crippen LogP contribution < -0.4 is 4.74 Å². The molecule has 0 saturated carbocycles. The predicted octanol–water partition coefficient (Wildman–Crippen LogP) is 2.60. The molecule has 1 heterocycles. The van der Waals surface area contributed by atoms with Gasteiger partial charge in [-0.2, -0.15) is 0 Å². The van der Waals surface area contributed by atoms with Crippen LogP contribution in [0.4, 0.5) is 0 Å². The van der Waals surface area contributed by atoms with Crippen molar-refractivity contribution in [1.82, 2.24) is 9.97 Å². The van der Waals surface area contributed by atoms with E-state index in [1.54, 1.807) is 12.4 Å². The van der Waals surface area contributed by atoms with E-state index in [4.69, 9.17) is 4.74 Å². The van der Waals surface area contributed by atoms with Crippen LogP contribution in [-0.4, -0.2) is 16.6 Å². The molecule has 0 aliphatic rings. The molecule has 0 spiro atoms. The summed E-state index contributed by atoms with van der Waals surface area (Å²) in [5.74, 6) is 0.617. The molecule has 1 aromatic heterocycles. The highest BCUT2D eigenvalue weighted by atomic mass is 16.5. The van der Waals surface area contributed by atoms with Gasteiger partial charge in [-0.05, 0) is 18.8 Å². The molecule has 0 aromatic carbocycles. The third-order valence-electron chi connectivity index (χ3n) is 2.30. The van der Waals surface area contributed by atoms with Crippen molar-refractivity contribution in [1.29, 1.82) is 0 Å². The lowest BCUT2D eigenvalue weighted by Gasteiger charge is -2.22. The maximum atomic E-state index is 5.57. The Hall–Kier alpha value is -1.12. The summed E-state index contributed by atoms with van der Waals surface area (Å²) in [4.78, 5) is 8.25. The van der Waals surface area contributed by atoms with Crippen LogP contribution in [0.5, 0.6) is 5.88 Å². The predicted molar refractivity (Wildman–Crippen MR) is 56.3 cm³/mol. The van der Waals surface area contributed by atoms with E-state index in [-0.39, 0.29) is 5.41 Å².